The van der Waals surface area contributed by atoms with Crippen LogP contribution in [0, 0.1) is 0 Å². The molecule has 0 amide bonds. The summed E-state index contributed by atoms with van der Waals surface area (Å²) in [5.74, 6) is 0. The fourth-order valence-corrected chi connectivity index (χ4v) is 5.06. The van der Waals surface area contributed by atoms with Crippen LogP contribution in [-0.2, 0) is 0 Å². The summed E-state index contributed by atoms with van der Waals surface area (Å²) in [5, 5.41) is 3.73. The van der Waals surface area contributed by atoms with Crippen molar-refractivity contribution in [2.75, 3.05) is 0 Å². The molecule has 0 unspecified atom stereocenters. The maximum Gasteiger partial charge on any atom is 0.0703 e. The van der Waals surface area contributed by atoms with Crippen LogP contribution in [0.25, 0.3) is 55.3 Å². The molecule has 3 heteroatoms. The van der Waals surface area contributed by atoms with E-state index in [1.54, 1.807) is 0 Å². The molecule has 4 aromatic carbocycles. The molecule has 3 heterocycles. The van der Waals surface area contributed by atoms with Crippen LogP contribution in [0.1, 0.15) is 0 Å². The summed E-state index contributed by atoms with van der Waals surface area (Å²) in [4.78, 5) is 4.78. The predicted octanol–water partition coefficient (Wildman–Crippen LogP) is 7.79. The van der Waals surface area contributed by atoms with Gasteiger partial charge in [-0.1, -0.05) is 72.8 Å². The SMILES string of the molecule is c1ccc(-c2ccc(-n3ccc4ccc5c(c6ccccc6n5-c5ccccc5)c43)cn2)cc1. The van der Waals surface area contributed by atoms with Crippen molar-refractivity contribution in [2.45, 2.75) is 0 Å². The van der Waals surface area contributed by atoms with E-state index in [9.17, 15) is 0 Å². The van der Waals surface area contributed by atoms with Gasteiger partial charge in [0, 0.05) is 33.6 Å². The van der Waals surface area contributed by atoms with Gasteiger partial charge in [-0.05, 0) is 42.5 Å². The van der Waals surface area contributed by atoms with Crippen molar-refractivity contribution >= 4 is 32.7 Å². The molecule has 0 aliphatic carbocycles. The molecule has 0 N–H and O–H groups in total. The topological polar surface area (TPSA) is 22.8 Å². The van der Waals surface area contributed by atoms with Crippen molar-refractivity contribution in [2.24, 2.45) is 0 Å². The standard InChI is InChI=1S/C31H21N3/c1-3-9-22(10-4-1)27-17-16-25(21-32-27)33-20-19-23-15-18-29-30(31(23)33)26-13-7-8-14-28(26)34(29)24-11-5-2-6-12-24/h1-21H. The minimum absolute atomic E-state index is 0.978. The van der Waals surface area contributed by atoms with E-state index in [0.29, 0.717) is 0 Å². The Hall–Kier alpha value is -4.63. The number of benzene rings is 4. The lowest BCUT2D eigenvalue weighted by Crippen LogP contribution is -1.95. The van der Waals surface area contributed by atoms with Crippen molar-refractivity contribution in [1.29, 1.82) is 0 Å². The second-order valence-corrected chi connectivity index (χ2v) is 8.54. The zero-order valence-electron chi connectivity index (χ0n) is 18.5. The average Bonchev–Trinajstić information content (AvgIpc) is 3.49. The molecule has 7 aromatic rings. The molecule has 3 nitrogen and oxygen atoms in total. The van der Waals surface area contributed by atoms with Gasteiger partial charge >= 0.3 is 0 Å². The molecule has 160 valence electrons. The minimum atomic E-state index is 0.978. The Morgan fingerprint density at radius 3 is 2.12 bits per heavy atom. The predicted molar refractivity (Wildman–Crippen MR) is 141 cm³/mol. The Balaban J connectivity index is 1.50. The normalized spacial score (nSPS) is 11.5. The number of rotatable bonds is 3. The average molecular weight is 436 g/mol. The van der Waals surface area contributed by atoms with Crippen molar-refractivity contribution in [3.05, 3.63) is 128 Å². The van der Waals surface area contributed by atoms with Gasteiger partial charge in [-0.15, -0.1) is 0 Å². The fourth-order valence-electron chi connectivity index (χ4n) is 5.06. The zero-order valence-corrected chi connectivity index (χ0v) is 18.5. The first kappa shape index (κ1) is 18.9. The number of hydrogen-bond acceptors (Lipinski definition) is 1. The zero-order chi connectivity index (χ0) is 22.5. The molecule has 0 atom stereocenters. The van der Waals surface area contributed by atoms with Crippen LogP contribution in [-0.4, -0.2) is 14.1 Å². The van der Waals surface area contributed by atoms with E-state index in [4.69, 9.17) is 4.98 Å². The number of aromatic nitrogens is 3. The molecule has 34 heavy (non-hydrogen) atoms. The monoisotopic (exact) mass is 435 g/mol. The summed E-state index contributed by atoms with van der Waals surface area (Å²) < 4.78 is 4.62. The van der Waals surface area contributed by atoms with Gasteiger partial charge in [0.25, 0.3) is 0 Å². The fraction of sp³-hybridized carbons (Fsp3) is 0. The second kappa shape index (κ2) is 7.46. The minimum Gasteiger partial charge on any atom is -0.314 e. The molecule has 0 aliphatic heterocycles. The maximum atomic E-state index is 4.78. The molecular formula is C31H21N3. The second-order valence-electron chi connectivity index (χ2n) is 8.54. The van der Waals surface area contributed by atoms with Gasteiger partial charge in [0.05, 0.1) is 34.1 Å². The largest absolute Gasteiger partial charge is 0.314 e. The Bertz CT molecular complexity index is 1770. The molecule has 0 radical (unpaired) electrons. The third-order valence-corrected chi connectivity index (χ3v) is 6.60. The highest BCUT2D eigenvalue weighted by Crippen LogP contribution is 2.38. The molecule has 0 saturated heterocycles. The van der Waals surface area contributed by atoms with Gasteiger partial charge in [-0.3, -0.25) is 4.98 Å². The molecule has 0 fully saturated rings. The van der Waals surface area contributed by atoms with Gasteiger partial charge in [0.15, 0.2) is 0 Å². The third-order valence-electron chi connectivity index (χ3n) is 6.60. The van der Waals surface area contributed by atoms with Crippen molar-refractivity contribution in [1.82, 2.24) is 14.1 Å². The van der Waals surface area contributed by atoms with Crippen LogP contribution in [0.2, 0.25) is 0 Å². The first-order chi connectivity index (χ1) is 16.9. The number of para-hydroxylation sites is 2. The van der Waals surface area contributed by atoms with E-state index in [0.717, 1.165) is 16.9 Å². The molecule has 7 rings (SSSR count). The molecule has 3 aromatic heterocycles. The van der Waals surface area contributed by atoms with E-state index in [1.807, 2.05) is 24.4 Å². The highest BCUT2D eigenvalue weighted by molar-refractivity contribution is 6.20. The molecule has 0 saturated carbocycles. The van der Waals surface area contributed by atoms with E-state index >= 15 is 0 Å². The van der Waals surface area contributed by atoms with Crippen LogP contribution >= 0.6 is 0 Å². The van der Waals surface area contributed by atoms with Crippen LogP contribution in [0.15, 0.2) is 128 Å². The van der Waals surface area contributed by atoms with E-state index < -0.39 is 0 Å². The lowest BCUT2D eigenvalue weighted by Gasteiger charge is -2.09. The Morgan fingerprint density at radius 1 is 0.559 bits per heavy atom. The van der Waals surface area contributed by atoms with Crippen LogP contribution in [0.4, 0.5) is 0 Å². The van der Waals surface area contributed by atoms with Gasteiger partial charge in [0.2, 0.25) is 0 Å². The van der Waals surface area contributed by atoms with Gasteiger partial charge in [0.1, 0.15) is 0 Å². The smallest absolute Gasteiger partial charge is 0.0703 e. The first-order valence-corrected chi connectivity index (χ1v) is 11.5. The number of nitrogens with zero attached hydrogens (tertiary/aromatic N) is 3. The summed E-state index contributed by atoms with van der Waals surface area (Å²) in [6.07, 6.45) is 4.12. The maximum absolute atomic E-state index is 4.78. The Labute approximate surface area is 197 Å². The summed E-state index contributed by atoms with van der Waals surface area (Å²) in [6, 6.07) is 40.5. The number of fused-ring (bicyclic) bond motifs is 5. The van der Waals surface area contributed by atoms with Gasteiger partial charge < -0.3 is 9.13 Å². The summed E-state index contributed by atoms with van der Waals surface area (Å²) in [5.41, 5.74) is 7.94. The lowest BCUT2D eigenvalue weighted by molar-refractivity contribution is 1.10. The van der Waals surface area contributed by atoms with Crippen LogP contribution < -0.4 is 0 Å². The first-order valence-electron chi connectivity index (χ1n) is 11.5. The Kier molecular flexibility index (Phi) is 4.15. The number of pyridine rings is 1. The van der Waals surface area contributed by atoms with Crippen molar-refractivity contribution in [3.63, 3.8) is 0 Å². The highest BCUT2D eigenvalue weighted by atomic mass is 15.0. The van der Waals surface area contributed by atoms with E-state index in [2.05, 4.69) is 112 Å². The van der Waals surface area contributed by atoms with Crippen LogP contribution in [0.5, 0.6) is 0 Å². The lowest BCUT2D eigenvalue weighted by atomic mass is 10.1. The molecule has 0 bridgehead atoms. The molecule has 0 spiro atoms. The van der Waals surface area contributed by atoms with Crippen LogP contribution in [0.3, 0.4) is 0 Å². The highest BCUT2D eigenvalue weighted by Gasteiger charge is 2.17. The Morgan fingerprint density at radius 2 is 1.32 bits per heavy atom. The van der Waals surface area contributed by atoms with Gasteiger partial charge in [-0.2, -0.15) is 0 Å². The van der Waals surface area contributed by atoms with Crippen molar-refractivity contribution < 1.29 is 0 Å². The number of hydrogen-bond donors (Lipinski definition) is 0. The summed E-state index contributed by atoms with van der Waals surface area (Å²) >= 11 is 0. The van der Waals surface area contributed by atoms with E-state index in [-0.39, 0.29) is 0 Å². The summed E-state index contributed by atoms with van der Waals surface area (Å²) in [7, 11) is 0. The summed E-state index contributed by atoms with van der Waals surface area (Å²) in [6.45, 7) is 0. The third kappa shape index (κ3) is 2.81. The van der Waals surface area contributed by atoms with Gasteiger partial charge in [-0.25, -0.2) is 0 Å². The molecule has 0 aliphatic rings. The quantitative estimate of drug-likeness (QED) is 0.278. The van der Waals surface area contributed by atoms with E-state index in [1.165, 1.54) is 38.4 Å². The molecular weight excluding hydrogens is 414 g/mol. The van der Waals surface area contributed by atoms with Crippen molar-refractivity contribution in [3.8, 4) is 22.6 Å².